The van der Waals surface area contributed by atoms with Gasteiger partial charge in [-0.05, 0) is 24.6 Å². The SMILES string of the molecule is CC.COc1cc(C)c2c(c1)[nH]c1cc(N3CCOCC3)cnc12. The first-order chi connectivity index (χ1) is 11.8. The molecule has 0 atom stereocenters. The van der Waals surface area contributed by atoms with Crippen molar-refractivity contribution in [3.8, 4) is 5.75 Å². The minimum atomic E-state index is 0.779. The molecule has 0 spiro atoms. The van der Waals surface area contributed by atoms with E-state index >= 15 is 0 Å². The lowest BCUT2D eigenvalue weighted by molar-refractivity contribution is 0.122. The molecular formula is C19H25N3O2. The smallest absolute Gasteiger partial charge is 0.121 e. The lowest BCUT2D eigenvalue weighted by Crippen LogP contribution is -2.36. The van der Waals surface area contributed by atoms with Crippen LogP contribution in [0.4, 0.5) is 5.69 Å². The number of hydrogen-bond acceptors (Lipinski definition) is 4. The minimum Gasteiger partial charge on any atom is -0.497 e. The molecule has 3 heterocycles. The van der Waals surface area contributed by atoms with Gasteiger partial charge in [0.25, 0.3) is 0 Å². The third kappa shape index (κ3) is 2.91. The third-order valence-corrected chi connectivity index (χ3v) is 4.30. The normalized spacial score (nSPS) is 14.6. The second kappa shape index (κ2) is 7.09. The van der Waals surface area contributed by atoms with Gasteiger partial charge in [0.2, 0.25) is 0 Å². The summed E-state index contributed by atoms with van der Waals surface area (Å²) in [6.07, 6.45) is 1.96. The number of morpholine rings is 1. The highest BCUT2D eigenvalue weighted by Crippen LogP contribution is 2.32. The van der Waals surface area contributed by atoms with Crippen LogP contribution in [0.1, 0.15) is 19.4 Å². The van der Waals surface area contributed by atoms with Gasteiger partial charge in [0, 0.05) is 24.5 Å². The average Bonchev–Trinajstić information content (AvgIpc) is 3.02. The standard InChI is InChI=1S/C17H19N3O2.C2H6/c1-11-7-13(21-2)9-14-16(11)17-15(19-14)8-12(10-18-17)20-3-5-22-6-4-20;1-2/h7-10,19H,3-6H2,1-2H3;1-2H3. The van der Waals surface area contributed by atoms with Crippen molar-refractivity contribution in [1.82, 2.24) is 9.97 Å². The molecule has 2 aromatic heterocycles. The lowest BCUT2D eigenvalue weighted by atomic mass is 10.1. The van der Waals surface area contributed by atoms with Crippen molar-refractivity contribution in [1.29, 1.82) is 0 Å². The van der Waals surface area contributed by atoms with Crippen LogP contribution in [-0.4, -0.2) is 43.4 Å². The highest BCUT2D eigenvalue weighted by Gasteiger charge is 2.15. The number of rotatable bonds is 2. The Kier molecular flexibility index (Phi) is 4.90. The highest BCUT2D eigenvalue weighted by atomic mass is 16.5. The Morgan fingerprint density at radius 2 is 1.88 bits per heavy atom. The molecule has 0 amide bonds. The van der Waals surface area contributed by atoms with Gasteiger partial charge in [-0.1, -0.05) is 13.8 Å². The lowest BCUT2D eigenvalue weighted by Gasteiger charge is -2.28. The maximum absolute atomic E-state index is 5.41. The quantitative estimate of drug-likeness (QED) is 0.775. The highest BCUT2D eigenvalue weighted by molar-refractivity contribution is 6.07. The monoisotopic (exact) mass is 327 g/mol. The molecule has 5 heteroatoms. The molecule has 0 radical (unpaired) electrons. The van der Waals surface area contributed by atoms with Gasteiger partial charge in [-0.3, -0.25) is 4.98 Å². The summed E-state index contributed by atoms with van der Waals surface area (Å²) in [5, 5.41) is 1.17. The number of ether oxygens (including phenoxy) is 2. The molecule has 1 fully saturated rings. The second-order valence-corrected chi connectivity index (χ2v) is 5.68. The van der Waals surface area contributed by atoms with Gasteiger partial charge >= 0.3 is 0 Å². The molecule has 1 N–H and O–H groups in total. The van der Waals surface area contributed by atoms with E-state index in [4.69, 9.17) is 14.5 Å². The van der Waals surface area contributed by atoms with Crippen molar-refractivity contribution < 1.29 is 9.47 Å². The van der Waals surface area contributed by atoms with Crippen molar-refractivity contribution in [2.24, 2.45) is 0 Å². The van der Waals surface area contributed by atoms with Gasteiger partial charge < -0.3 is 19.4 Å². The molecule has 24 heavy (non-hydrogen) atoms. The van der Waals surface area contributed by atoms with Gasteiger partial charge in [0.05, 0.1) is 48.8 Å². The Bertz CT molecular complexity index is 835. The molecule has 1 aliphatic heterocycles. The van der Waals surface area contributed by atoms with E-state index in [1.165, 1.54) is 10.9 Å². The number of methoxy groups -OCH3 is 1. The second-order valence-electron chi connectivity index (χ2n) is 5.68. The van der Waals surface area contributed by atoms with Crippen molar-refractivity contribution >= 4 is 27.6 Å². The van der Waals surface area contributed by atoms with Crippen LogP contribution in [-0.2, 0) is 4.74 Å². The molecule has 1 aromatic carbocycles. The van der Waals surface area contributed by atoms with Gasteiger partial charge in [-0.2, -0.15) is 0 Å². The Balaban J connectivity index is 0.000000815. The van der Waals surface area contributed by atoms with E-state index in [1.807, 2.05) is 32.2 Å². The van der Waals surface area contributed by atoms with Gasteiger partial charge in [-0.25, -0.2) is 0 Å². The zero-order valence-corrected chi connectivity index (χ0v) is 14.8. The van der Waals surface area contributed by atoms with Crippen LogP contribution < -0.4 is 9.64 Å². The predicted octanol–water partition coefficient (Wildman–Crippen LogP) is 3.90. The number of hydrogen-bond donors (Lipinski definition) is 1. The topological polar surface area (TPSA) is 50.4 Å². The summed E-state index contributed by atoms with van der Waals surface area (Å²) in [6.45, 7) is 9.48. The van der Waals surface area contributed by atoms with E-state index in [9.17, 15) is 0 Å². The molecule has 0 unspecified atom stereocenters. The van der Waals surface area contributed by atoms with E-state index < -0.39 is 0 Å². The number of nitrogens with one attached hydrogen (secondary N) is 1. The van der Waals surface area contributed by atoms with E-state index in [-0.39, 0.29) is 0 Å². The Morgan fingerprint density at radius 3 is 2.58 bits per heavy atom. The fraction of sp³-hybridized carbons (Fsp3) is 0.421. The molecule has 1 aliphatic rings. The molecule has 128 valence electrons. The van der Waals surface area contributed by atoms with Crippen LogP contribution in [0.2, 0.25) is 0 Å². The minimum absolute atomic E-state index is 0.779. The van der Waals surface area contributed by atoms with Crippen LogP contribution >= 0.6 is 0 Å². The Hall–Kier alpha value is -2.27. The van der Waals surface area contributed by atoms with Gasteiger partial charge in [0.1, 0.15) is 5.75 Å². The summed E-state index contributed by atoms with van der Waals surface area (Å²) in [5.74, 6) is 0.866. The summed E-state index contributed by atoms with van der Waals surface area (Å²) in [4.78, 5) is 10.5. The van der Waals surface area contributed by atoms with Gasteiger partial charge in [-0.15, -0.1) is 0 Å². The van der Waals surface area contributed by atoms with Crippen LogP contribution in [0.25, 0.3) is 21.9 Å². The third-order valence-electron chi connectivity index (χ3n) is 4.30. The van der Waals surface area contributed by atoms with Crippen molar-refractivity contribution in [2.75, 3.05) is 38.3 Å². The predicted molar refractivity (Wildman–Crippen MR) is 99.3 cm³/mol. The number of anilines is 1. The number of aromatic amines is 1. The molecule has 1 saturated heterocycles. The molecule has 5 nitrogen and oxygen atoms in total. The Morgan fingerprint density at radius 1 is 1.12 bits per heavy atom. The summed E-state index contributed by atoms with van der Waals surface area (Å²) < 4.78 is 10.8. The summed E-state index contributed by atoms with van der Waals surface area (Å²) in [6, 6.07) is 6.26. The fourth-order valence-electron chi connectivity index (χ4n) is 3.17. The van der Waals surface area contributed by atoms with E-state index in [0.29, 0.717) is 0 Å². The van der Waals surface area contributed by atoms with Crippen molar-refractivity contribution in [3.05, 3.63) is 30.0 Å². The largest absolute Gasteiger partial charge is 0.497 e. The van der Waals surface area contributed by atoms with Crippen LogP contribution in [0, 0.1) is 6.92 Å². The van der Waals surface area contributed by atoms with Crippen LogP contribution in [0.5, 0.6) is 5.75 Å². The van der Waals surface area contributed by atoms with E-state index in [0.717, 1.165) is 54.3 Å². The number of fused-ring (bicyclic) bond motifs is 3. The first-order valence-corrected chi connectivity index (χ1v) is 8.55. The van der Waals surface area contributed by atoms with Crippen molar-refractivity contribution in [3.63, 3.8) is 0 Å². The van der Waals surface area contributed by atoms with Crippen LogP contribution in [0.3, 0.4) is 0 Å². The number of pyridine rings is 1. The molecule has 0 saturated carbocycles. The van der Waals surface area contributed by atoms with Crippen LogP contribution in [0.15, 0.2) is 24.4 Å². The number of benzene rings is 1. The molecule has 4 rings (SSSR count). The number of aryl methyl sites for hydroxylation is 1. The maximum Gasteiger partial charge on any atom is 0.121 e. The molecule has 3 aromatic rings. The zero-order valence-electron chi connectivity index (χ0n) is 14.8. The first-order valence-electron chi connectivity index (χ1n) is 8.55. The van der Waals surface area contributed by atoms with E-state index in [1.54, 1.807) is 7.11 Å². The summed E-state index contributed by atoms with van der Waals surface area (Å²) in [5.41, 5.74) is 5.47. The zero-order chi connectivity index (χ0) is 17.1. The average molecular weight is 327 g/mol. The molecular weight excluding hydrogens is 302 g/mol. The number of aromatic nitrogens is 2. The maximum atomic E-state index is 5.41. The van der Waals surface area contributed by atoms with E-state index in [2.05, 4.69) is 22.9 Å². The molecule has 0 aliphatic carbocycles. The first kappa shape index (κ1) is 16.6. The summed E-state index contributed by atoms with van der Waals surface area (Å²) in [7, 11) is 1.69. The van der Waals surface area contributed by atoms with Gasteiger partial charge in [0.15, 0.2) is 0 Å². The number of nitrogens with zero attached hydrogens (tertiary/aromatic N) is 2. The fourth-order valence-corrected chi connectivity index (χ4v) is 3.17. The van der Waals surface area contributed by atoms with Crippen molar-refractivity contribution in [2.45, 2.75) is 20.8 Å². The summed E-state index contributed by atoms with van der Waals surface area (Å²) >= 11 is 0. The Labute approximate surface area is 142 Å². The number of H-pyrrole nitrogens is 1. The molecule has 0 bridgehead atoms.